The van der Waals surface area contributed by atoms with Crippen molar-refractivity contribution in [1.29, 1.82) is 0 Å². The highest BCUT2D eigenvalue weighted by Gasteiger charge is 2.22. The molecule has 2 aromatic carbocycles. The van der Waals surface area contributed by atoms with E-state index in [-0.39, 0.29) is 5.56 Å². The molecule has 0 amide bonds. The molecule has 132 valence electrons. The lowest BCUT2D eigenvalue weighted by atomic mass is 10.0. The molecule has 0 saturated carbocycles. The van der Waals surface area contributed by atoms with Crippen molar-refractivity contribution in [2.24, 2.45) is 0 Å². The quantitative estimate of drug-likeness (QED) is 0.395. The van der Waals surface area contributed by atoms with E-state index in [4.69, 9.17) is 11.6 Å². The minimum absolute atomic E-state index is 0.216. The second kappa shape index (κ2) is 7.98. The highest BCUT2D eigenvalue weighted by molar-refractivity contribution is 7.99. The maximum Gasteiger partial charge on any atom is 0.168 e. The van der Waals surface area contributed by atoms with Crippen molar-refractivity contribution in [2.75, 3.05) is 0 Å². The standard InChI is InChI=1S/C20H14ClF2NOS/c1-12-8-15(11-25)24-10-18(12)20(17-9-14(22)4-7-19(17)23)26-16-5-2-13(21)3-6-16/h2-11,20H,1H3. The second-order valence-electron chi connectivity index (χ2n) is 5.70. The molecule has 0 saturated heterocycles. The van der Waals surface area contributed by atoms with Crippen LogP contribution in [-0.4, -0.2) is 11.3 Å². The summed E-state index contributed by atoms with van der Waals surface area (Å²) in [6.45, 7) is 1.82. The van der Waals surface area contributed by atoms with E-state index in [0.717, 1.165) is 22.6 Å². The van der Waals surface area contributed by atoms with Gasteiger partial charge in [0, 0.05) is 21.7 Å². The average Bonchev–Trinajstić information content (AvgIpc) is 2.64. The topological polar surface area (TPSA) is 30.0 Å². The smallest absolute Gasteiger partial charge is 0.168 e. The molecule has 0 N–H and O–H groups in total. The van der Waals surface area contributed by atoms with Crippen LogP contribution < -0.4 is 0 Å². The zero-order valence-electron chi connectivity index (χ0n) is 13.7. The van der Waals surface area contributed by atoms with E-state index >= 15 is 0 Å². The molecule has 2 nitrogen and oxygen atoms in total. The van der Waals surface area contributed by atoms with Gasteiger partial charge in [-0.05, 0) is 66.6 Å². The molecule has 0 radical (unpaired) electrons. The predicted molar refractivity (Wildman–Crippen MR) is 99.9 cm³/mol. The van der Waals surface area contributed by atoms with E-state index in [2.05, 4.69) is 4.98 Å². The lowest BCUT2D eigenvalue weighted by Gasteiger charge is -2.20. The molecule has 6 heteroatoms. The van der Waals surface area contributed by atoms with Crippen LogP contribution >= 0.6 is 23.4 Å². The highest BCUT2D eigenvalue weighted by atomic mass is 35.5. The van der Waals surface area contributed by atoms with Gasteiger partial charge >= 0.3 is 0 Å². The van der Waals surface area contributed by atoms with Crippen molar-refractivity contribution < 1.29 is 13.6 Å². The van der Waals surface area contributed by atoms with Gasteiger partial charge in [-0.25, -0.2) is 8.78 Å². The summed E-state index contributed by atoms with van der Waals surface area (Å²) in [5.41, 5.74) is 1.99. The summed E-state index contributed by atoms with van der Waals surface area (Å²) >= 11 is 7.29. The molecule has 1 unspecified atom stereocenters. The Morgan fingerprint density at radius 3 is 2.46 bits per heavy atom. The van der Waals surface area contributed by atoms with Gasteiger partial charge in [0.15, 0.2) is 6.29 Å². The van der Waals surface area contributed by atoms with Crippen LogP contribution in [0.15, 0.2) is 59.6 Å². The van der Waals surface area contributed by atoms with E-state index < -0.39 is 16.9 Å². The number of hydrogen-bond acceptors (Lipinski definition) is 3. The van der Waals surface area contributed by atoms with Gasteiger partial charge in [0.1, 0.15) is 17.3 Å². The zero-order chi connectivity index (χ0) is 18.7. The molecular formula is C20H14ClF2NOS. The third-order valence-electron chi connectivity index (χ3n) is 3.88. The van der Waals surface area contributed by atoms with Gasteiger partial charge < -0.3 is 0 Å². The van der Waals surface area contributed by atoms with E-state index in [1.54, 1.807) is 18.2 Å². The molecule has 3 rings (SSSR count). The maximum atomic E-state index is 14.5. The summed E-state index contributed by atoms with van der Waals surface area (Å²) < 4.78 is 28.3. The summed E-state index contributed by atoms with van der Waals surface area (Å²) in [7, 11) is 0. The summed E-state index contributed by atoms with van der Waals surface area (Å²) in [5, 5.41) is 0.0658. The fourth-order valence-electron chi connectivity index (χ4n) is 2.59. The van der Waals surface area contributed by atoms with Gasteiger partial charge in [-0.2, -0.15) is 0 Å². The average molecular weight is 390 g/mol. The van der Waals surface area contributed by atoms with Crippen molar-refractivity contribution in [2.45, 2.75) is 17.1 Å². The molecule has 1 atom stereocenters. The van der Waals surface area contributed by atoms with E-state index in [1.165, 1.54) is 24.0 Å². The largest absolute Gasteiger partial charge is 0.296 e. The third kappa shape index (κ3) is 4.11. The minimum Gasteiger partial charge on any atom is -0.296 e. The number of aldehydes is 1. The molecule has 0 aliphatic carbocycles. The normalized spacial score (nSPS) is 12.0. The molecule has 1 heterocycles. The fraction of sp³-hybridized carbons (Fsp3) is 0.100. The Balaban J connectivity index is 2.10. The molecule has 0 bridgehead atoms. The molecular weight excluding hydrogens is 376 g/mol. The number of aryl methyl sites for hydroxylation is 1. The Labute approximate surface area is 159 Å². The van der Waals surface area contributed by atoms with Crippen LogP contribution in [0.4, 0.5) is 8.78 Å². The van der Waals surface area contributed by atoms with Crippen LogP contribution in [-0.2, 0) is 0 Å². The van der Waals surface area contributed by atoms with E-state index in [0.29, 0.717) is 22.6 Å². The summed E-state index contributed by atoms with van der Waals surface area (Å²) in [6, 6.07) is 12.1. The summed E-state index contributed by atoms with van der Waals surface area (Å²) in [4.78, 5) is 15.9. The molecule has 0 fully saturated rings. The first-order valence-corrected chi connectivity index (χ1v) is 9.02. The number of halogens is 3. The number of pyridine rings is 1. The molecule has 26 heavy (non-hydrogen) atoms. The first-order valence-electron chi connectivity index (χ1n) is 7.77. The van der Waals surface area contributed by atoms with Crippen LogP contribution in [0.5, 0.6) is 0 Å². The number of rotatable bonds is 5. The van der Waals surface area contributed by atoms with Crippen molar-refractivity contribution in [3.8, 4) is 0 Å². The number of nitrogens with zero attached hydrogens (tertiary/aromatic N) is 1. The van der Waals surface area contributed by atoms with Crippen molar-refractivity contribution in [3.63, 3.8) is 0 Å². The van der Waals surface area contributed by atoms with Crippen LogP contribution in [0.1, 0.15) is 32.4 Å². The number of hydrogen-bond donors (Lipinski definition) is 0. The third-order valence-corrected chi connectivity index (χ3v) is 5.42. The lowest BCUT2D eigenvalue weighted by Crippen LogP contribution is -2.05. The SMILES string of the molecule is Cc1cc(C=O)ncc1C(Sc1ccc(Cl)cc1)c1cc(F)ccc1F. The second-order valence-corrected chi connectivity index (χ2v) is 7.32. The van der Waals surface area contributed by atoms with Gasteiger partial charge in [0.05, 0.1) is 5.25 Å². The Morgan fingerprint density at radius 1 is 1.08 bits per heavy atom. The summed E-state index contributed by atoms with van der Waals surface area (Å²) in [5.74, 6) is -1.02. The van der Waals surface area contributed by atoms with Gasteiger partial charge in [-0.15, -0.1) is 11.8 Å². The zero-order valence-corrected chi connectivity index (χ0v) is 15.3. The van der Waals surface area contributed by atoms with Crippen LogP contribution in [0.3, 0.4) is 0 Å². The van der Waals surface area contributed by atoms with Crippen molar-refractivity contribution in [1.82, 2.24) is 4.98 Å². The van der Waals surface area contributed by atoms with Gasteiger partial charge in [-0.1, -0.05) is 11.6 Å². The fourth-order valence-corrected chi connectivity index (χ4v) is 3.96. The van der Waals surface area contributed by atoms with Crippen molar-refractivity contribution >= 4 is 29.6 Å². The van der Waals surface area contributed by atoms with Crippen LogP contribution in [0.2, 0.25) is 5.02 Å². The van der Waals surface area contributed by atoms with Crippen molar-refractivity contribution in [3.05, 3.63) is 93.8 Å². The van der Waals surface area contributed by atoms with Crippen LogP contribution in [0.25, 0.3) is 0 Å². The number of benzene rings is 2. The van der Waals surface area contributed by atoms with Gasteiger partial charge in [0.25, 0.3) is 0 Å². The molecule has 0 spiro atoms. The van der Waals surface area contributed by atoms with Gasteiger partial charge in [-0.3, -0.25) is 9.78 Å². The number of carbonyl (C=O) groups excluding carboxylic acids is 1. The number of carbonyl (C=O) groups is 1. The van der Waals surface area contributed by atoms with E-state index in [1.807, 2.05) is 19.1 Å². The molecule has 3 aromatic rings. The first kappa shape index (κ1) is 18.5. The maximum absolute atomic E-state index is 14.5. The Kier molecular flexibility index (Phi) is 5.69. The number of thioether (sulfide) groups is 1. The lowest BCUT2D eigenvalue weighted by molar-refractivity contribution is 0.111. The Morgan fingerprint density at radius 2 is 1.81 bits per heavy atom. The molecule has 0 aliphatic heterocycles. The summed E-state index contributed by atoms with van der Waals surface area (Å²) in [6.07, 6.45) is 2.19. The van der Waals surface area contributed by atoms with Crippen LogP contribution in [0, 0.1) is 18.6 Å². The Hall–Kier alpha value is -2.24. The molecule has 1 aromatic heterocycles. The Bertz CT molecular complexity index is 947. The molecule has 0 aliphatic rings. The minimum atomic E-state index is -0.528. The highest BCUT2D eigenvalue weighted by Crippen LogP contribution is 2.42. The monoisotopic (exact) mass is 389 g/mol. The number of aromatic nitrogens is 1. The first-order chi connectivity index (χ1) is 12.5. The predicted octanol–water partition coefficient (Wildman–Crippen LogP) is 6.02. The van der Waals surface area contributed by atoms with Gasteiger partial charge in [0.2, 0.25) is 0 Å². The van der Waals surface area contributed by atoms with E-state index in [9.17, 15) is 13.6 Å².